The maximum Gasteiger partial charge on any atom is 0.319 e. The molecule has 1 aliphatic carbocycles. The van der Waals surface area contributed by atoms with E-state index in [1.54, 1.807) is 12.3 Å². The fourth-order valence-electron chi connectivity index (χ4n) is 2.44. The van der Waals surface area contributed by atoms with Gasteiger partial charge in [-0.1, -0.05) is 11.6 Å². The number of rotatable bonds is 7. The van der Waals surface area contributed by atoms with Gasteiger partial charge in [0.25, 0.3) is 0 Å². The van der Waals surface area contributed by atoms with Gasteiger partial charge in [0, 0.05) is 18.8 Å². The van der Waals surface area contributed by atoms with Crippen LogP contribution in [0.2, 0.25) is 0 Å². The van der Waals surface area contributed by atoms with Gasteiger partial charge in [-0.3, -0.25) is 4.79 Å². The zero-order valence-corrected chi connectivity index (χ0v) is 13.7. The van der Waals surface area contributed by atoms with Crippen molar-refractivity contribution in [3.05, 3.63) is 29.5 Å². The summed E-state index contributed by atoms with van der Waals surface area (Å²) in [7, 11) is 3.00. The molecule has 0 spiro atoms. The van der Waals surface area contributed by atoms with E-state index in [9.17, 15) is 4.79 Å². The number of aromatic nitrogens is 2. The number of nitrogens with zero attached hydrogens (tertiary/aromatic N) is 2. The fraction of sp³-hybridized carbons (Fsp3) is 0.471. The number of hydrogen-bond acceptors (Lipinski definition) is 5. The van der Waals surface area contributed by atoms with E-state index in [0.717, 1.165) is 12.8 Å². The highest BCUT2D eigenvalue weighted by Crippen LogP contribution is 2.20. The summed E-state index contributed by atoms with van der Waals surface area (Å²) in [5.41, 5.74) is 2.07. The largest absolute Gasteiger partial charge is 0.480 e. The molecule has 0 unspecified atom stereocenters. The SMILES string of the molecule is COc1ncc(C=CC(=O)NCCC2=CCCCC2)c(OC)n1. The van der Waals surface area contributed by atoms with Crippen molar-refractivity contribution < 1.29 is 14.3 Å². The van der Waals surface area contributed by atoms with Gasteiger partial charge in [0.1, 0.15) is 0 Å². The molecule has 2 rings (SSSR count). The monoisotopic (exact) mass is 317 g/mol. The van der Waals surface area contributed by atoms with Crippen LogP contribution in [-0.2, 0) is 4.79 Å². The van der Waals surface area contributed by atoms with Crippen molar-refractivity contribution in [1.29, 1.82) is 0 Å². The minimum absolute atomic E-state index is 0.140. The Bertz CT molecular complexity index is 597. The second kappa shape index (κ2) is 8.92. The summed E-state index contributed by atoms with van der Waals surface area (Å²) in [5.74, 6) is 0.229. The van der Waals surface area contributed by atoms with Crippen LogP contribution in [0, 0.1) is 0 Å². The summed E-state index contributed by atoms with van der Waals surface area (Å²) in [6.07, 6.45) is 12.7. The molecule has 6 nitrogen and oxygen atoms in total. The number of carbonyl (C=O) groups is 1. The first-order chi connectivity index (χ1) is 11.2. The van der Waals surface area contributed by atoms with Crippen molar-refractivity contribution in [2.45, 2.75) is 32.1 Å². The lowest BCUT2D eigenvalue weighted by atomic mass is 9.97. The van der Waals surface area contributed by atoms with Crippen molar-refractivity contribution in [2.75, 3.05) is 20.8 Å². The maximum atomic E-state index is 11.9. The van der Waals surface area contributed by atoms with Crippen LogP contribution in [0.15, 0.2) is 23.9 Å². The summed E-state index contributed by atoms with van der Waals surface area (Å²) in [6.45, 7) is 0.658. The summed E-state index contributed by atoms with van der Waals surface area (Å²) in [4.78, 5) is 19.9. The predicted molar refractivity (Wildman–Crippen MR) is 88.3 cm³/mol. The van der Waals surface area contributed by atoms with E-state index >= 15 is 0 Å². The first kappa shape index (κ1) is 17.0. The van der Waals surface area contributed by atoms with E-state index in [1.807, 2.05) is 0 Å². The number of hydrogen-bond donors (Lipinski definition) is 1. The molecule has 1 amide bonds. The van der Waals surface area contributed by atoms with E-state index in [4.69, 9.17) is 9.47 Å². The molecule has 23 heavy (non-hydrogen) atoms. The van der Waals surface area contributed by atoms with E-state index in [1.165, 1.54) is 45.1 Å². The number of amides is 1. The molecule has 0 fully saturated rings. The molecule has 124 valence electrons. The number of nitrogens with one attached hydrogen (secondary N) is 1. The standard InChI is InChI=1S/C17H23N3O3/c1-22-16-14(12-19-17(20-16)23-2)8-9-15(21)18-11-10-13-6-4-3-5-7-13/h6,8-9,12H,3-5,7,10-11H2,1-2H3,(H,18,21). The minimum atomic E-state index is -0.140. The van der Waals surface area contributed by atoms with Crippen molar-refractivity contribution in [3.8, 4) is 11.9 Å². The van der Waals surface area contributed by atoms with Gasteiger partial charge in [-0.2, -0.15) is 4.98 Å². The van der Waals surface area contributed by atoms with Gasteiger partial charge in [0.2, 0.25) is 11.8 Å². The van der Waals surface area contributed by atoms with Crippen molar-refractivity contribution in [2.24, 2.45) is 0 Å². The van der Waals surface area contributed by atoms with Crippen LogP contribution in [-0.4, -0.2) is 36.6 Å². The first-order valence-electron chi connectivity index (χ1n) is 7.81. The zero-order chi connectivity index (χ0) is 16.5. The highest BCUT2D eigenvalue weighted by atomic mass is 16.5. The topological polar surface area (TPSA) is 73.3 Å². The maximum absolute atomic E-state index is 11.9. The molecular weight excluding hydrogens is 294 g/mol. The van der Waals surface area contributed by atoms with Gasteiger partial charge in [-0.05, 0) is 38.2 Å². The smallest absolute Gasteiger partial charge is 0.319 e. The van der Waals surface area contributed by atoms with Gasteiger partial charge < -0.3 is 14.8 Å². The van der Waals surface area contributed by atoms with E-state index in [2.05, 4.69) is 21.4 Å². The number of methoxy groups -OCH3 is 2. The Morgan fingerprint density at radius 1 is 1.35 bits per heavy atom. The van der Waals surface area contributed by atoms with Crippen molar-refractivity contribution >= 4 is 12.0 Å². The van der Waals surface area contributed by atoms with Crippen molar-refractivity contribution in [1.82, 2.24) is 15.3 Å². The normalized spacial score (nSPS) is 14.4. The van der Waals surface area contributed by atoms with Gasteiger partial charge in [-0.15, -0.1) is 0 Å². The molecular formula is C17H23N3O3. The van der Waals surface area contributed by atoms with Crippen LogP contribution < -0.4 is 14.8 Å². The number of carbonyl (C=O) groups excluding carboxylic acids is 1. The summed E-state index contributed by atoms with van der Waals surface area (Å²) in [5, 5.41) is 2.89. The third kappa shape index (κ3) is 5.39. The van der Waals surface area contributed by atoms with Gasteiger partial charge >= 0.3 is 6.01 Å². The molecule has 1 N–H and O–H groups in total. The molecule has 0 saturated carbocycles. The Morgan fingerprint density at radius 2 is 2.22 bits per heavy atom. The molecule has 0 saturated heterocycles. The molecule has 0 radical (unpaired) electrons. The molecule has 0 aliphatic heterocycles. The Balaban J connectivity index is 1.84. The van der Waals surface area contributed by atoms with Crippen LogP contribution in [0.3, 0.4) is 0 Å². The van der Waals surface area contributed by atoms with E-state index < -0.39 is 0 Å². The Hall–Kier alpha value is -2.37. The van der Waals surface area contributed by atoms with Gasteiger partial charge in [-0.25, -0.2) is 4.98 Å². The Labute approximate surface area is 136 Å². The lowest BCUT2D eigenvalue weighted by Gasteiger charge is -2.12. The molecule has 0 bridgehead atoms. The Kier molecular flexibility index (Phi) is 6.59. The molecule has 6 heteroatoms. The summed E-state index contributed by atoms with van der Waals surface area (Å²) in [6, 6.07) is 0.226. The second-order valence-corrected chi connectivity index (χ2v) is 5.30. The zero-order valence-electron chi connectivity index (χ0n) is 13.7. The molecule has 0 atom stereocenters. The van der Waals surface area contributed by atoms with Gasteiger partial charge in [0.15, 0.2) is 0 Å². The molecule has 1 aromatic heterocycles. The quantitative estimate of drug-likeness (QED) is 0.618. The van der Waals surface area contributed by atoms with Crippen LogP contribution >= 0.6 is 0 Å². The third-order valence-corrected chi connectivity index (χ3v) is 3.68. The summed E-state index contributed by atoms with van der Waals surface area (Å²) < 4.78 is 10.1. The third-order valence-electron chi connectivity index (χ3n) is 3.68. The second-order valence-electron chi connectivity index (χ2n) is 5.30. The number of allylic oxidation sites excluding steroid dienone is 1. The number of ether oxygens (including phenoxy) is 2. The lowest BCUT2D eigenvalue weighted by Crippen LogP contribution is -2.22. The molecule has 1 aliphatic rings. The highest BCUT2D eigenvalue weighted by molar-refractivity contribution is 5.91. The average Bonchev–Trinajstić information content (AvgIpc) is 2.60. The molecule has 1 aromatic rings. The van der Waals surface area contributed by atoms with Gasteiger partial charge in [0.05, 0.1) is 19.8 Å². The molecule has 0 aromatic carbocycles. The van der Waals surface area contributed by atoms with Crippen LogP contribution in [0.25, 0.3) is 6.08 Å². The minimum Gasteiger partial charge on any atom is -0.480 e. The highest BCUT2D eigenvalue weighted by Gasteiger charge is 2.06. The van der Waals surface area contributed by atoms with Crippen molar-refractivity contribution in [3.63, 3.8) is 0 Å². The lowest BCUT2D eigenvalue weighted by molar-refractivity contribution is -0.116. The van der Waals surface area contributed by atoms with Crippen LogP contribution in [0.1, 0.15) is 37.7 Å². The summed E-state index contributed by atoms with van der Waals surface area (Å²) >= 11 is 0. The van der Waals surface area contributed by atoms with E-state index in [-0.39, 0.29) is 11.9 Å². The van der Waals surface area contributed by atoms with Crippen LogP contribution in [0.5, 0.6) is 11.9 Å². The first-order valence-corrected chi connectivity index (χ1v) is 7.81. The van der Waals surface area contributed by atoms with Crippen LogP contribution in [0.4, 0.5) is 0 Å². The van der Waals surface area contributed by atoms with E-state index in [0.29, 0.717) is 18.0 Å². The molecule has 1 heterocycles. The average molecular weight is 317 g/mol. The Morgan fingerprint density at radius 3 is 2.91 bits per heavy atom. The fourth-order valence-corrected chi connectivity index (χ4v) is 2.44. The predicted octanol–water partition coefficient (Wildman–Crippen LogP) is 2.51.